The second kappa shape index (κ2) is 5.35. The van der Waals surface area contributed by atoms with Crippen molar-refractivity contribution in [1.29, 1.82) is 0 Å². The van der Waals surface area contributed by atoms with Gasteiger partial charge in [0.2, 0.25) is 0 Å². The van der Waals surface area contributed by atoms with Crippen LogP contribution in [-0.4, -0.2) is 19.8 Å². The normalized spacial score (nSPS) is 17.1. The first-order chi connectivity index (χ1) is 7.83. The van der Waals surface area contributed by atoms with E-state index in [9.17, 15) is 0 Å². The minimum Gasteiger partial charge on any atom is -0.383 e. The fraction of sp³-hybridized carbons (Fsp3) is 0.571. The van der Waals surface area contributed by atoms with Gasteiger partial charge in [-0.1, -0.05) is 19.1 Å². The van der Waals surface area contributed by atoms with Gasteiger partial charge in [0.1, 0.15) is 0 Å². The van der Waals surface area contributed by atoms with Crippen molar-refractivity contribution < 1.29 is 4.74 Å². The zero-order valence-corrected chi connectivity index (χ0v) is 10.2. The fourth-order valence-electron chi connectivity index (χ4n) is 2.07. The molecule has 1 fully saturated rings. The quantitative estimate of drug-likeness (QED) is 0.794. The van der Waals surface area contributed by atoms with Gasteiger partial charge in [0.05, 0.1) is 12.6 Å². The van der Waals surface area contributed by atoms with Crippen LogP contribution in [-0.2, 0) is 11.2 Å². The summed E-state index contributed by atoms with van der Waals surface area (Å²) in [6.07, 6.45) is 3.77. The number of nitrogens with one attached hydrogen (secondary N) is 1. The van der Waals surface area contributed by atoms with Crippen molar-refractivity contribution in [2.75, 3.05) is 19.0 Å². The van der Waals surface area contributed by atoms with E-state index < -0.39 is 0 Å². The van der Waals surface area contributed by atoms with Crippen LogP contribution in [0, 0.1) is 5.92 Å². The number of anilines is 1. The third kappa shape index (κ3) is 2.99. The molecule has 1 aromatic carbocycles. The van der Waals surface area contributed by atoms with E-state index in [0.717, 1.165) is 18.9 Å². The Bertz CT molecular complexity index is 333. The van der Waals surface area contributed by atoms with Crippen LogP contribution in [0.15, 0.2) is 24.3 Å². The molecule has 2 heteroatoms. The van der Waals surface area contributed by atoms with Crippen LogP contribution in [0.1, 0.15) is 25.3 Å². The summed E-state index contributed by atoms with van der Waals surface area (Å²) >= 11 is 0. The number of benzene rings is 1. The van der Waals surface area contributed by atoms with Crippen LogP contribution < -0.4 is 5.32 Å². The van der Waals surface area contributed by atoms with Crippen LogP contribution in [0.25, 0.3) is 0 Å². The molecule has 0 amide bonds. The number of aryl methyl sites for hydroxylation is 1. The molecule has 1 aliphatic rings. The zero-order valence-electron chi connectivity index (χ0n) is 10.2. The summed E-state index contributed by atoms with van der Waals surface area (Å²) in [5, 5.41) is 3.59. The molecule has 1 aliphatic carbocycles. The van der Waals surface area contributed by atoms with Gasteiger partial charge in [-0.15, -0.1) is 0 Å². The van der Waals surface area contributed by atoms with Gasteiger partial charge in [-0.3, -0.25) is 0 Å². The van der Waals surface area contributed by atoms with Crippen molar-refractivity contribution in [1.82, 2.24) is 0 Å². The summed E-state index contributed by atoms with van der Waals surface area (Å²) in [5.74, 6) is 0.810. The van der Waals surface area contributed by atoms with Gasteiger partial charge in [-0.25, -0.2) is 0 Å². The van der Waals surface area contributed by atoms with E-state index in [1.165, 1.54) is 24.1 Å². The number of hydrogen-bond acceptors (Lipinski definition) is 2. The van der Waals surface area contributed by atoms with Gasteiger partial charge in [-0.05, 0) is 42.9 Å². The third-order valence-electron chi connectivity index (χ3n) is 3.22. The zero-order chi connectivity index (χ0) is 11.4. The highest BCUT2D eigenvalue weighted by molar-refractivity contribution is 5.47. The second-order valence-corrected chi connectivity index (χ2v) is 4.60. The summed E-state index contributed by atoms with van der Waals surface area (Å²) in [5.41, 5.74) is 2.62. The SMILES string of the molecule is CCc1cccc(NC(COC)C2CC2)c1. The van der Waals surface area contributed by atoms with Gasteiger partial charge in [0.25, 0.3) is 0 Å². The highest BCUT2D eigenvalue weighted by Gasteiger charge is 2.30. The van der Waals surface area contributed by atoms with E-state index in [4.69, 9.17) is 4.74 Å². The standard InChI is InChI=1S/C14H21NO/c1-3-11-5-4-6-13(9-11)15-14(10-16-2)12-7-8-12/h4-6,9,12,14-15H,3,7-8,10H2,1-2H3. The van der Waals surface area contributed by atoms with E-state index in [1.807, 2.05) is 0 Å². The highest BCUT2D eigenvalue weighted by Crippen LogP contribution is 2.34. The van der Waals surface area contributed by atoms with Gasteiger partial charge in [0.15, 0.2) is 0 Å². The Labute approximate surface area is 98.0 Å². The Hall–Kier alpha value is -1.02. The first-order valence-electron chi connectivity index (χ1n) is 6.18. The van der Waals surface area contributed by atoms with E-state index in [2.05, 4.69) is 36.5 Å². The number of methoxy groups -OCH3 is 1. The lowest BCUT2D eigenvalue weighted by Gasteiger charge is -2.19. The number of ether oxygens (including phenoxy) is 1. The Morgan fingerprint density at radius 1 is 1.44 bits per heavy atom. The number of hydrogen-bond donors (Lipinski definition) is 1. The molecule has 16 heavy (non-hydrogen) atoms. The molecule has 1 N–H and O–H groups in total. The Kier molecular flexibility index (Phi) is 3.83. The molecule has 1 aromatic rings. The summed E-state index contributed by atoms with van der Waals surface area (Å²) < 4.78 is 5.27. The molecule has 1 saturated carbocycles. The van der Waals surface area contributed by atoms with E-state index in [1.54, 1.807) is 7.11 Å². The first kappa shape index (κ1) is 11.5. The van der Waals surface area contributed by atoms with Crippen molar-refractivity contribution >= 4 is 5.69 Å². The summed E-state index contributed by atoms with van der Waals surface area (Å²) in [6.45, 7) is 2.99. The minimum atomic E-state index is 0.483. The topological polar surface area (TPSA) is 21.3 Å². The molecule has 0 heterocycles. The van der Waals surface area contributed by atoms with Crippen molar-refractivity contribution in [3.63, 3.8) is 0 Å². The molecule has 0 saturated heterocycles. The molecular weight excluding hydrogens is 198 g/mol. The van der Waals surface area contributed by atoms with Crippen LogP contribution >= 0.6 is 0 Å². The van der Waals surface area contributed by atoms with Crippen LogP contribution in [0.3, 0.4) is 0 Å². The first-order valence-corrected chi connectivity index (χ1v) is 6.18. The lowest BCUT2D eigenvalue weighted by atomic mass is 10.1. The van der Waals surface area contributed by atoms with Crippen LogP contribution in [0.2, 0.25) is 0 Å². The Morgan fingerprint density at radius 3 is 2.88 bits per heavy atom. The summed E-state index contributed by atoms with van der Waals surface area (Å²) in [6, 6.07) is 9.16. The maximum Gasteiger partial charge on any atom is 0.0666 e. The van der Waals surface area contributed by atoms with Crippen molar-refractivity contribution in [3.05, 3.63) is 29.8 Å². The van der Waals surface area contributed by atoms with Crippen LogP contribution in [0.5, 0.6) is 0 Å². The average Bonchev–Trinajstić information content (AvgIpc) is 3.13. The van der Waals surface area contributed by atoms with Gasteiger partial charge in [0, 0.05) is 12.8 Å². The van der Waals surface area contributed by atoms with Crippen molar-refractivity contribution in [3.8, 4) is 0 Å². The smallest absolute Gasteiger partial charge is 0.0666 e. The Morgan fingerprint density at radius 2 is 2.25 bits per heavy atom. The second-order valence-electron chi connectivity index (χ2n) is 4.60. The molecule has 88 valence electrons. The predicted molar refractivity (Wildman–Crippen MR) is 67.8 cm³/mol. The number of rotatable bonds is 6. The lowest BCUT2D eigenvalue weighted by molar-refractivity contribution is 0.179. The van der Waals surface area contributed by atoms with Crippen molar-refractivity contribution in [2.45, 2.75) is 32.2 Å². The largest absolute Gasteiger partial charge is 0.383 e. The lowest BCUT2D eigenvalue weighted by Crippen LogP contribution is -2.27. The van der Waals surface area contributed by atoms with Gasteiger partial charge in [-0.2, -0.15) is 0 Å². The minimum absolute atomic E-state index is 0.483. The molecule has 0 radical (unpaired) electrons. The molecule has 0 aliphatic heterocycles. The van der Waals surface area contributed by atoms with Crippen molar-refractivity contribution in [2.24, 2.45) is 5.92 Å². The third-order valence-corrected chi connectivity index (χ3v) is 3.22. The molecule has 0 bridgehead atoms. The molecule has 1 atom stereocenters. The predicted octanol–water partition coefficient (Wildman–Crippen LogP) is 3.09. The van der Waals surface area contributed by atoms with E-state index >= 15 is 0 Å². The maximum absolute atomic E-state index is 5.27. The molecule has 2 nitrogen and oxygen atoms in total. The van der Waals surface area contributed by atoms with Crippen LogP contribution in [0.4, 0.5) is 5.69 Å². The summed E-state index contributed by atoms with van der Waals surface area (Å²) in [4.78, 5) is 0. The highest BCUT2D eigenvalue weighted by atomic mass is 16.5. The monoisotopic (exact) mass is 219 g/mol. The van der Waals surface area contributed by atoms with Gasteiger partial charge >= 0.3 is 0 Å². The molecular formula is C14H21NO. The Balaban J connectivity index is 1.99. The molecule has 0 spiro atoms. The van der Waals surface area contributed by atoms with E-state index in [0.29, 0.717) is 6.04 Å². The average molecular weight is 219 g/mol. The summed E-state index contributed by atoms with van der Waals surface area (Å²) in [7, 11) is 1.78. The molecule has 2 rings (SSSR count). The fourth-order valence-corrected chi connectivity index (χ4v) is 2.07. The molecule has 1 unspecified atom stereocenters. The maximum atomic E-state index is 5.27. The molecule has 0 aromatic heterocycles. The van der Waals surface area contributed by atoms with Gasteiger partial charge < -0.3 is 10.1 Å². The van der Waals surface area contributed by atoms with E-state index in [-0.39, 0.29) is 0 Å².